The molecule has 1 amide bonds. The number of pyridine rings is 1. The van der Waals surface area contributed by atoms with Crippen LogP contribution in [0.3, 0.4) is 0 Å². The molecule has 1 aromatic heterocycles. The first-order valence-electron chi connectivity index (χ1n) is 9.49. The number of nitrogens with zero attached hydrogens (tertiary/aromatic N) is 2. The summed E-state index contributed by atoms with van der Waals surface area (Å²) in [6.45, 7) is 1.05. The Hall–Kier alpha value is -2.56. The maximum atomic E-state index is 12.5. The highest BCUT2D eigenvalue weighted by Gasteiger charge is 2.31. The third-order valence-corrected chi connectivity index (χ3v) is 5.32. The third kappa shape index (κ3) is 3.82. The van der Waals surface area contributed by atoms with E-state index in [0.717, 1.165) is 36.3 Å². The molecule has 2 aliphatic rings. The molecule has 0 radical (unpaired) electrons. The number of ether oxygens (including phenoxy) is 1. The number of likely N-dealkylation sites (tertiary alicyclic amines) is 1. The van der Waals surface area contributed by atoms with Gasteiger partial charge in [0.25, 0.3) is 0 Å². The van der Waals surface area contributed by atoms with Gasteiger partial charge in [-0.05, 0) is 49.3 Å². The topological polar surface area (TPSA) is 54.5 Å². The van der Waals surface area contributed by atoms with E-state index in [1.54, 1.807) is 0 Å². The molecule has 0 spiro atoms. The van der Waals surface area contributed by atoms with Gasteiger partial charge in [-0.25, -0.2) is 9.78 Å². The number of hydrogen-bond donors (Lipinski definition) is 1. The minimum atomic E-state index is -0.243. The van der Waals surface area contributed by atoms with Gasteiger partial charge in [0, 0.05) is 18.8 Å². The Morgan fingerprint density at radius 3 is 2.65 bits per heavy atom. The number of anilines is 1. The number of carbonyl (C=O) groups excluding carboxylic acids is 1. The summed E-state index contributed by atoms with van der Waals surface area (Å²) in [4.78, 5) is 18.9. The standard InChI is InChI=1S/C21H25N3O2/c25-21(26-15-16-6-2-1-3-7-16)24-13-5-10-19(24)17-11-12-20(22-14-17)23-18-8-4-9-18/h1-3,6-7,11-12,14,18-19H,4-5,8-10,13,15H2,(H,22,23)/t19-/m0/s1. The number of amides is 1. The van der Waals surface area contributed by atoms with Gasteiger partial charge in [-0.3, -0.25) is 0 Å². The molecule has 1 aromatic carbocycles. The van der Waals surface area contributed by atoms with E-state index in [0.29, 0.717) is 12.6 Å². The summed E-state index contributed by atoms with van der Waals surface area (Å²) < 4.78 is 5.52. The van der Waals surface area contributed by atoms with Gasteiger partial charge in [-0.1, -0.05) is 36.4 Å². The van der Waals surface area contributed by atoms with Crippen LogP contribution in [0, 0.1) is 0 Å². The highest BCUT2D eigenvalue weighted by atomic mass is 16.6. The molecule has 1 atom stereocenters. The van der Waals surface area contributed by atoms with Crippen LogP contribution in [0.25, 0.3) is 0 Å². The van der Waals surface area contributed by atoms with E-state index in [4.69, 9.17) is 4.74 Å². The molecule has 136 valence electrons. The number of hydrogen-bond acceptors (Lipinski definition) is 4. The lowest BCUT2D eigenvalue weighted by Crippen LogP contribution is -2.31. The fourth-order valence-corrected chi connectivity index (χ4v) is 3.58. The Morgan fingerprint density at radius 2 is 1.96 bits per heavy atom. The highest BCUT2D eigenvalue weighted by Crippen LogP contribution is 2.33. The van der Waals surface area contributed by atoms with E-state index in [9.17, 15) is 4.79 Å². The summed E-state index contributed by atoms with van der Waals surface area (Å²) >= 11 is 0. The molecule has 1 N–H and O–H groups in total. The molecule has 1 aliphatic heterocycles. The normalized spacial score (nSPS) is 19.8. The van der Waals surface area contributed by atoms with E-state index in [-0.39, 0.29) is 12.1 Å². The Kier molecular flexibility index (Phi) is 5.04. The predicted molar refractivity (Wildman–Crippen MR) is 101 cm³/mol. The maximum absolute atomic E-state index is 12.5. The fraction of sp³-hybridized carbons (Fsp3) is 0.429. The molecule has 5 nitrogen and oxygen atoms in total. The van der Waals surface area contributed by atoms with E-state index in [1.807, 2.05) is 47.5 Å². The molecule has 4 rings (SSSR count). The average Bonchev–Trinajstić information content (AvgIpc) is 3.14. The molecule has 26 heavy (non-hydrogen) atoms. The maximum Gasteiger partial charge on any atom is 0.410 e. The number of carbonyl (C=O) groups is 1. The summed E-state index contributed by atoms with van der Waals surface area (Å²) in [5, 5.41) is 3.45. The third-order valence-electron chi connectivity index (χ3n) is 5.32. The van der Waals surface area contributed by atoms with Crippen LogP contribution < -0.4 is 5.32 Å². The van der Waals surface area contributed by atoms with Crippen LogP contribution in [0.5, 0.6) is 0 Å². The van der Waals surface area contributed by atoms with E-state index < -0.39 is 0 Å². The first-order chi connectivity index (χ1) is 12.8. The van der Waals surface area contributed by atoms with Gasteiger partial charge in [-0.15, -0.1) is 0 Å². The van der Waals surface area contributed by atoms with Crippen molar-refractivity contribution >= 4 is 11.9 Å². The number of rotatable bonds is 5. The van der Waals surface area contributed by atoms with E-state index in [1.165, 1.54) is 19.3 Å². The van der Waals surface area contributed by atoms with Gasteiger partial charge in [-0.2, -0.15) is 0 Å². The summed E-state index contributed by atoms with van der Waals surface area (Å²) in [7, 11) is 0. The monoisotopic (exact) mass is 351 g/mol. The van der Waals surface area contributed by atoms with E-state index >= 15 is 0 Å². The fourth-order valence-electron chi connectivity index (χ4n) is 3.58. The molecule has 0 bridgehead atoms. The molecule has 1 aliphatic carbocycles. The van der Waals surface area contributed by atoms with Crippen molar-refractivity contribution in [2.24, 2.45) is 0 Å². The zero-order valence-electron chi connectivity index (χ0n) is 14.9. The largest absolute Gasteiger partial charge is 0.445 e. The minimum Gasteiger partial charge on any atom is -0.445 e. The quantitative estimate of drug-likeness (QED) is 0.860. The van der Waals surface area contributed by atoms with Gasteiger partial charge in [0.15, 0.2) is 0 Å². The lowest BCUT2D eigenvalue weighted by Gasteiger charge is -2.27. The van der Waals surface area contributed by atoms with Gasteiger partial charge >= 0.3 is 6.09 Å². The van der Waals surface area contributed by atoms with Crippen LogP contribution >= 0.6 is 0 Å². The van der Waals surface area contributed by atoms with Crippen molar-refractivity contribution in [2.75, 3.05) is 11.9 Å². The van der Waals surface area contributed by atoms with Crippen molar-refractivity contribution in [2.45, 2.75) is 50.8 Å². The predicted octanol–water partition coefficient (Wildman–Crippen LogP) is 4.52. The smallest absolute Gasteiger partial charge is 0.410 e. The van der Waals surface area contributed by atoms with Gasteiger partial charge in [0.2, 0.25) is 0 Å². The second kappa shape index (κ2) is 7.77. The van der Waals surface area contributed by atoms with Crippen LogP contribution in [0.15, 0.2) is 48.7 Å². The van der Waals surface area contributed by atoms with Crippen molar-refractivity contribution in [3.8, 4) is 0 Å². The Labute approximate surface area is 154 Å². The van der Waals surface area contributed by atoms with Crippen molar-refractivity contribution < 1.29 is 9.53 Å². The second-order valence-electron chi connectivity index (χ2n) is 7.14. The molecule has 2 heterocycles. The lowest BCUT2D eigenvalue weighted by atomic mass is 9.93. The summed E-state index contributed by atoms with van der Waals surface area (Å²) in [5.74, 6) is 0.926. The Balaban J connectivity index is 1.36. The SMILES string of the molecule is O=C(OCc1ccccc1)N1CCC[C@H]1c1ccc(NC2CCC2)nc1. The molecule has 1 saturated heterocycles. The summed E-state index contributed by atoms with van der Waals surface area (Å²) in [6, 6.07) is 14.5. The van der Waals surface area contributed by atoms with Crippen LogP contribution in [0.2, 0.25) is 0 Å². The first kappa shape index (κ1) is 16.9. The van der Waals surface area contributed by atoms with Crippen molar-refractivity contribution in [1.82, 2.24) is 9.88 Å². The zero-order chi connectivity index (χ0) is 17.8. The molecular weight excluding hydrogens is 326 g/mol. The van der Waals surface area contributed by atoms with E-state index in [2.05, 4.69) is 16.4 Å². The highest BCUT2D eigenvalue weighted by molar-refractivity contribution is 5.68. The summed E-state index contributed by atoms with van der Waals surface area (Å²) in [5.41, 5.74) is 2.09. The van der Waals surface area contributed by atoms with Crippen LogP contribution in [-0.4, -0.2) is 28.6 Å². The minimum absolute atomic E-state index is 0.0588. The van der Waals surface area contributed by atoms with Crippen molar-refractivity contribution in [3.05, 3.63) is 59.8 Å². The van der Waals surface area contributed by atoms with Crippen LogP contribution in [0.1, 0.15) is 49.3 Å². The molecule has 2 fully saturated rings. The number of benzene rings is 1. The van der Waals surface area contributed by atoms with Gasteiger partial charge in [0.1, 0.15) is 12.4 Å². The molecular formula is C21H25N3O2. The van der Waals surface area contributed by atoms with Crippen LogP contribution in [-0.2, 0) is 11.3 Å². The molecule has 0 unspecified atom stereocenters. The molecule has 2 aromatic rings. The Bertz CT molecular complexity index is 729. The summed E-state index contributed by atoms with van der Waals surface area (Å²) in [6.07, 6.45) is 7.37. The van der Waals surface area contributed by atoms with Crippen LogP contribution in [0.4, 0.5) is 10.6 Å². The number of aromatic nitrogens is 1. The van der Waals surface area contributed by atoms with Crippen molar-refractivity contribution in [3.63, 3.8) is 0 Å². The molecule has 5 heteroatoms. The lowest BCUT2D eigenvalue weighted by molar-refractivity contribution is 0.0920. The van der Waals surface area contributed by atoms with Gasteiger partial charge < -0.3 is 15.0 Å². The van der Waals surface area contributed by atoms with Crippen molar-refractivity contribution in [1.29, 1.82) is 0 Å². The second-order valence-corrected chi connectivity index (χ2v) is 7.14. The van der Waals surface area contributed by atoms with Gasteiger partial charge in [0.05, 0.1) is 6.04 Å². The first-order valence-corrected chi connectivity index (χ1v) is 9.49. The molecule has 1 saturated carbocycles. The number of nitrogens with one attached hydrogen (secondary N) is 1. The zero-order valence-corrected chi connectivity index (χ0v) is 14.9. The Morgan fingerprint density at radius 1 is 1.12 bits per heavy atom. The average molecular weight is 351 g/mol.